The lowest BCUT2D eigenvalue weighted by atomic mass is 10.0. The van der Waals surface area contributed by atoms with Crippen molar-refractivity contribution in [1.82, 2.24) is 0 Å². The van der Waals surface area contributed by atoms with E-state index in [0.717, 1.165) is 0 Å². The molecule has 0 unspecified atom stereocenters. The van der Waals surface area contributed by atoms with Crippen molar-refractivity contribution < 1.29 is 13.9 Å². The number of hydrogen-bond acceptors (Lipinski definition) is 3. The van der Waals surface area contributed by atoms with Crippen LogP contribution in [0.4, 0.5) is 10.1 Å². The van der Waals surface area contributed by atoms with Gasteiger partial charge >= 0.3 is 0 Å². The van der Waals surface area contributed by atoms with Gasteiger partial charge in [-0.05, 0) is 24.3 Å². The maximum absolute atomic E-state index is 13.5. The van der Waals surface area contributed by atoms with Crippen LogP contribution in [0.5, 0.6) is 5.75 Å². The van der Waals surface area contributed by atoms with Gasteiger partial charge in [0.2, 0.25) is 0 Å². The molecular weight excluding hydrogens is 233 g/mol. The average molecular weight is 245 g/mol. The number of carbonyl (C=O) groups is 1. The van der Waals surface area contributed by atoms with Gasteiger partial charge in [-0.3, -0.25) is 4.79 Å². The Labute approximate surface area is 104 Å². The third kappa shape index (κ3) is 2.18. The third-order valence-corrected chi connectivity index (χ3v) is 2.62. The number of benzene rings is 2. The van der Waals surface area contributed by atoms with Crippen molar-refractivity contribution in [3.05, 3.63) is 59.4 Å². The number of ketones is 1. The van der Waals surface area contributed by atoms with Gasteiger partial charge < -0.3 is 10.5 Å². The van der Waals surface area contributed by atoms with E-state index in [1.165, 1.54) is 37.4 Å². The molecule has 92 valence electrons. The van der Waals surface area contributed by atoms with E-state index in [1.807, 2.05) is 0 Å². The molecule has 0 aliphatic heterocycles. The summed E-state index contributed by atoms with van der Waals surface area (Å²) >= 11 is 0. The Morgan fingerprint density at radius 3 is 2.50 bits per heavy atom. The Balaban J connectivity index is 2.44. The predicted octanol–water partition coefficient (Wildman–Crippen LogP) is 2.65. The Kier molecular flexibility index (Phi) is 3.28. The topological polar surface area (TPSA) is 52.3 Å². The molecule has 0 heterocycles. The summed E-state index contributed by atoms with van der Waals surface area (Å²) in [7, 11) is 1.51. The van der Waals surface area contributed by atoms with Crippen LogP contribution in [0.1, 0.15) is 15.9 Å². The van der Waals surface area contributed by atoms with Gasteiger partial charge in [0, 0.05) is 17.3 Å². The summed E-state index contributed by atoms with van der Waals surface area (Å²) < 4.78 is 18.5. The lowest BCUT2D eigenvalue weighted by molar-refractivity contribution is 0.103. The van der Waals surface area contributed by atoms with Gasteiger partial charge in [-0.1, -0.05) is 12.1 Å². The highest BCUT2D eigenvalue weighted by Gasteiger charge is 2.16. The number of nitrogens with two attached hydrogens (primary N) is 1. The Morgan fingerprint density at radius 1 is 1.17 bits per heavy atom. The zero-order chi connectivity index (χ0) is 13.1. The first kappa shape index (κ1) is 12.1. The Morgan fingerprint density at radius 2 is 1.89 bits per heavy atom. The minimum absolute atomic E-state index is 0.00867. The molecule has 0 aliphatic carbocycles. The standard InChI is InChI=1S/C14H12FNO2/c1-18-9-6-7-11(13(16)8-9)14(17)10-4-2-3-5-12(10)15/h2-8H,16H2,1H3. The fraction of sp³-hybridized carbons (Fsp3) is 0.0714. The molecule has 2 aromatic carbocycles. The first-order valence-electron chi connectivity index (χ1n) is 5.36. The quantitative estimate of drug-likeness (QED) is 0.668. The molecule has 4 heteroatoms. The summed E-state index contributed by atoms with van der Waals surface area (Å²) in [5, 5.41) is 0. The van der Waals surface area contributed by atoms with Gasteiger partial charge in [0.1, 0.15) is 11.6 Å². The number of methoxy groups -OCH3 is 1. The monoisotopic (exact) mass is 245 g/mol. The van der Waals surface area contributed by atoms with Crippen LogP contribution < -0.4 is 10.5 Å². The molecule has 0 spiro atoms. The van der Waals surface area contributed by atoms with Crippen LogP contribution in [0, 0.1) is 5.82 Å². The normalized spacial score (nSPS) is 10.1. The van der Waals surface area contributed by atoms with Gasteiger partial charge in [-0.2, -0.15) is 0 Å². The highest BCUT2D eigenvalue weighted by molar-refractivity contribution is 6.12. The number of rotatable bonds is 3. The van der Waals surface area contributed by atoms with E-state index >= 15 is 0 Å². The summed E-state index contributed by atoms with van der Waals surface area (Å²) in [4.78, 5) is 12.1. The van der Waals surface area contributed by atoms with Crippen molar-refractivity contribution in [2.45, 2.75) is 0 Å². The lowest BCUT2D eigenvalue weighted by Gasteiger charge is -2.07. The third-order valence-electron chi connectivity index (χ3n) is 2.62. The molecule has 0 saturated carbocycles. The second-order valence-corrected chi connectivity index (χ2v) is 3.76. The van der Waals surface area contributed by atoms with E-state index in [0.29, 0.717) is 5.75 Å². The molecule has 2 rings (SSSR count). The fourth-order valence-electron chi connectivity index (χ4n) is 1.67. The first-order chi connectivity index (χ1) is 8.63. The summed E-state index contributed by atoms with van der Waals surface area (Å²) in [6.07, 6.45) is 0. The molecule has 0 atom stereocenters. The predicted molar refractivity (Wildman–Crippen MR) is 67.2 cm³/mol. The number of carbonyl (C=O) groups excluding carboxylic acids is 1. The number of halogens is 1. The molecule has 18 heavy (non-hydrogen) atoms. The van der Waals surface area contributed by atoms with E-state index in [9.17, 15) is 9.18 Å². The van der Waals surface area contributed by atoms with Crippen molar-refractivity contribution in [2.24, 2.45) is 0 Å². The van der Waals surface area contributed by atoms with Crippen LogP contribution in [0.3, 0.4) is 0 Å². The smallest absolute Gasteiger partial charge is 0.198 e. The average Bonchev–Trinajstić information content (AvgIpc) is 2.38. The van der Waals surface area contributed by atoms with Crippen molar-refractivity contribution in [2.75, 3.05) is 12.8 Å². The SMILES string of the molecule is COc1ccc(C(=O)c2ccccc2F)c(N)c1. The molecule has 3 nitrogen and oxygen atoms in total. The molecule has 0 radical (unpaired) electrons. The molecule has 2 aromatic rings. The van der Waals surface area contributed by atoms with Crippen molar-refractivity contribution in [3.63, 3.8) is 0 Å². The molecule has 0 saturated heterocycles. The second-order valence-electron chi connectivity index (χ2n) is 3.76. The molecule has 0 bridgehead atoms. The maximum atomic E-state index is 13.5. The highest BCUT2D eigenvalue weighted by atomic mass is 19.1. The van der Waals surface area contributed by atoms with Crippen molar-refractivity contribution in [3.8, 4) is 5.75 Å². The Hall–Kier alpha value is -2.36. The van der Waals surface area contributed by atoms with Crippen molar-refractivity contribution >= 4 is 11.5 Å². The lowest BCUT2D eigenvalue weighted by Crippen LogP contribution is -2.07. The zero-order valence-corrected chi connectivity index (χ0v) is 9.81. The first-order valence-corrected chi connectivity index (χ1v) is 5.36. The summed E-state index contributed by atoms with van der Waals surface area (Å²) in [6, 6.07) is 10.5. The van der Waals surface area contributed by atoms with E-state index in [2.05, 4.69) is 0 Å². The number of hydrogen-bond donors (Lipinski definition) is 1. The van der Waals surface area contributed by atoms with Crippen LogP contribution in [-0.4, -0.2) is 12.9 Å². The molecule has 2 N–H and O–H groups in total. The summed E-state index contributed by atoms with van der Waals surface area (Å²) in [5.74, 6) is -0.441. The number of anilines is 1. The number of ether oxygens (including phenoxy) is 1. The minimum atomic E-state index is -0.558. The molecule has 0 aliphatic rings. The van der Waals surface area contributed by atoms with Gasteiger partial charge in [0.15, 0.2) is 5.78 Å². The minimum Gasteiger partial charge on any atom is -0.497 e. The van der Waals surface area contributed by atoms with Gasteiger partial charge in [-0.15, -0.1) is 0 Å². The largest absolute Gasteiger partial charge is 0.497 e. The second kappa shape index (κ2) is 4.87. The molecule has 0 amide bonds. The van der Waals surface area contributed by atoms with Crippen LogP contribution in [0.25, 0.3) is 0 Å². The van der Waals surface area contributed by atoms with E-state index in [1.54, 1.807) is 12.1 Å². The number of nitrogen functional groups attached to an aromatic ring is 1. The van der Waals surface area contributed by atoms with E-state index in [4.69, 9.17) is 10.5 Å². The van der Waals surface area contributed by atoms with Crippen LogP contribution in [0.2, 0.25) is 0 Å². The van der Waals surface area contributed by atoms with Crippen LogP contribution >= 0.6 is 0 Å². The van der Waals surface area contributed by atoms with E-state index in [-0.39, 0.29) is 16.8 Å². The molecule has 0 fully saturated rings. The zero-order valence-electron chi connectivity index (χ0n) is 9.81. The van der Waals surface area contributed by atoms with Gasteiger partial charge in [-0.25, -0.2) is 4.39 Å². The van der Waals surface area contributed by atoms with Crippen molar-refractivity contribution in [1.29, 1.82) is 0 Å². The Bertz CT molecular complexity index is 596. The van der Waals surface area contributed by atoms with Gasteiger partial charge in [0.25, 0.3) is 0 Å². The molecular formula is C14H12FNO2. The van der Waals surface area contributed by atoms with Crippen LogP contribution in [0.15, 0.2) is 42.5 Å². The fourth-order valence-corrected chi connectivity index (χ4v) is 1.67. The van der Waals surface area contributed by atoms with Gasteiger partial charge in [0.05, 0.1) is 12.7 Å². The summed E-state index contributed by atoms with van der Waals surface area (Å²) in [6.45, 7) is 0. The molecule has 0 aromatic heterocycles. The maximum Gasteiger partial charge on any atom is 0.198 e. The van der Waals surface area contributed by atoms with E-state index < -0.39 is 11.6 Å². The highest BCUT2D eigenvalue weighted by Crippen LogP contribution is 2.23. The van der Waals surface area contributed by atoms with Crippen LogP contribution in [-0.2, 0) is 0 Å². The summed E-state index contributed by atoms with van der Waals surface area (Å²) in [5.41, 5.74) is 6.30.